The maximum Gasteiger partial charge on any atom is 0.251 e. The molecule has 3 heterocycles. The van der Waals surface area contributed by atoms with Crippen LogP contribution in [0.5, 0.6) is 0 Å². The van der Waals surface area contributed by atoms with E-state index in [1.807, 2.05) is 54.7 Å². The second-order valence-corrected chi connectivity index (χ2v) is 8.03. The van der Waals surface area contributed by atoms with Gasteiger partial charge in [0.1, 0.15) is 0 Å². The SMILES string of the molecule is CN(C)c1nc(CNC(=O)c2ccc(-c3cccs3)cc2)nc(N2CCOCC2)n1. The van der Waals surface area contributed by atoms with Crippen molar-refractivity contribution in [3.05, 3.63) is 53.2 Å². The molecule has 0 radical (unpaired) electrons. The summed E-state index contributed by atoms with van der Waals surface area (Å²) in [7, 11) is 3.77. The zero-order valence-corrected chi connectivity index (χ0v) is 17.9. The van der Waals surface area contributed by atoms with Crippen LogP contribution in [0.2, 0.25) is 0 Å². The normalized spacial score (nSPS) is 13.9. The van der Waals surface area contributed by atoms with Gasteiger partial charge in [0.2, 0.25) is 11.9 Å². The number of carbonyl (C=O) groups excluding carboxylic acids is 1. The van der Waals surface area contributed by atoms with Gasteiger partial charge in [0.05, 0.1) is 19.8 Å². The molecule has 4 rings (SSSR count). The third-order valence-electron chi connectivity index (χ3n) is 4.71. The molecule has 1 aliphatic rings. The minimum absolute atomic E-state index is 0.160. The van der Waals surface area contributed by atoms with Crippen LogP contribution in [0.3, 0.4) is 0 Å². The van der Waals surface area contributed by atoms with Crippen LogP contribution in [-0.2, 0) is 11.3 Å². The third kappa shape index (κ3) is 4.74. The van der Waals surface area contributed by atoms with Crippen molar-refractivity contribution in [3.63, 3.8) is 0 Å². The van der Waals surface area contributed by atoms with Crippen molar-refractivity contribution in [1.29, 1.82) is 0 Å². The van der Waals surface area contributed by atoms with E-state index in [0.29, 0.717) is 36.5 Å². The van der Waals surface area contributed by atoms with E-state index in [-0.39, 0.29) is 12.5 Å². The Morgan fingerprint density at radius 1 is 1.13 bits per heavy atom. The summed E-state index contributed by atoms with van der Waals surface area (Å²) in [6.45, 7) is 3.00. The molecule has 8 nitrogen and oxygen atoms in total. The summed E-state index contributed by atoms with van der Waals surface area (Å²) < 4.78 is 5.41. The first-order valence-corrected chi connectivity index (χ1v) is 10.7. The molecule has 1 aromatic carbocycles. The predicted octanol–water partition coefficient (Wildman–Crippen LogP) is 2.43. The van der Waals surface area contributed by atoms with Gasteiger partial charge in [-0.1, -0.05) is 18.2 Å². The van der Waals surface area contributed by atoms with E-state index in [9.17, 15) is 4.79 Å². The van der Waals surface area contributed by atoms with Crippen LogP contribution in [0.25, 0.3) is 10.4 Å². The molecular formula is C21H24N6O2S. The Labute approximate surface area is 179 Å². The molecular weight excluding hydrogens is 400 g/mol. The maximum atomic E-state index is 12.6. The Kier molecular flexibility index (Phi) is 6.20. The summed E-state index contributed by atoms with van der Waals surface area (Å²) in [5.74, 6) is 1.55. The summed E-state index contributed by atoms with van der Waals surface area (Å²) in [5.41, 5.74) is 1.70. The average Bonchev–Trinajstić information content (AvgIpc) is 3.33. The van der Waals surface area contributed by atoms with Crippen LogP contribution < -0.4 is 15.1 Å². The van der Waals surface area contributed by atoms with Crippen LogP contribution in [0.15, 0.2) is 41.8 Å². The molecule has 156 valence electrons. The number of thiophene rings is 1. The summed E-state index contributed by atoms with van der Waals surface area (Å²) in [6.07, 6.45) is 0. The molecule has 0 unspecified atom stereocenters. The number of ether oxygens (including phenoxy) is 1. The largest absolute Gasteiger partial charge is 0.378 e. The second kappa shape index (κ2) is 9.19. The molecule has 30 heavy (non-hydrogen) atoms. The topological polar surface area (TPSA) is 83.5 Å². The lowest BCUT2D eigenvalue weighted by atomic mass is 10.1. The van der Waals surface area contributed by atoms with Gasteiger partial charge >= 0.3 is 0 Å². The Morgan fingerprint density at radius 3 is 2.57 bits per heavy atom. The van der Waals surface area contributed by atoms with Crippen molar-refractivity contribution < 1.29 is 9.53 Å². The number of nitrogens with zero attached hydrogens (tertiary/aromatic N) is 5. The fraction of sp³-hybridized carbons (Fsp3) is 0.333. The minimum atomic E-state index is -0.160. The molecule has 2 aromatic heterocycles. The van der Waals surface area contributed by atoms with Crippen molar-refractivity contribution in [2.45, 2.75) is 6.54 Å². The minimum Gasteiger partial charge on any atom is -0.378 e. The highest BCUT2D eigenvalue weighted by molar-refractivity contribution is 7.13. The van der Waals surface area contributed by atoms with E-state index in [1.54, 1.807) is 11.3 Å². The van der Waals surface area contributed by atoms with Gasteiger partial charge in [0, 0.05) is 37.6 Å². The molecule has 0 aliphatic carbocycles. The lowest BCUT2D eigenvalue weighted by molar-refractivity contribution is 0.0950. The highest BCUT2D eigenvalue weighted by atomic mass is 32.1. The Morgan fingerprint density at radius 2 is 1.90 bits per heavy atom. The van der Waals surface area contributed by atoms with E-state index in [4.69, 9.17) is 4.74 Å². The number of nitrogens with one attached hydrogen (secondary N) is 1. The van der Waals surface area contributed by atoms with E-state index < -0.39 is 0 Å². The van der Waals surface area contributed by atoms with Crippen LogP contribution >= 0.6 is 11.3 Å². The van der Waals surface area contributed by atoms with Crippen LogP contribution in [-0.4, -0.2) is 61.3 Å². The summed E-state index contributed by atoms with van der Waals surface area (Å²) in [4.78, 5) is 31.3. The average molecular weight is 425 g/mol. The Hall–Kier alpha value is -3.04. The quantitative estimate of drug-likeness (QED) is 0.651. The van der Waals surface area contributed by atoms with Gasteiger partial charge in [-0.2, -0.15) is 15.0 Å². The van der Waals surface area contributed by atoms with Gasteiger partial charge in [-0.25, -0.2) is 0 Å². The van der Waals surface area contributed by atoms with Crippen molar-refractivity contribution in [2.75, 3.05) is 50.2 Å². The van der Waals surface area contributed by atoms with Crippen LogP contribution in [0.1, 0.15) is 16.2 Å². The molecule has 1 saturated heterocycles. The predicted molar refractivity (Wildman–Crippen MR) is 118 cm³/mol. The fourth-order valence-electron chi connectivity index (χ4n) is 3.07. The van der Waals surface area contributed by atoms with Gasteiger partial charge < -0.3 is 19.9 Å². The molecule has 1 aliphatic heterocycles. The standard InChI is InChI=1S/C21H24N6O2S/c1-26(2)20-23-18(24-21(25-20)27-9-11-29-12-10-27)14-22-19(28)16-7-5-15(6-8-16)17-4-3-13-30-17/h3-8,13H,9-12,14H2,1-2H3,(H,22,28). The number of aromatic nitrogens is 3. The lowest BCUT2D eigenvalue weighted by Gasteiger charge is -2.27. The number of anilines is 2. The van der Waals surface area contributed by atoms with E-state index >= 15 is 0 Å². The Balaban J connectivity index is 1.45. The number of rotatable bonds is 6. The molecule has 0 spiro atoms. The number of carbonyl (C=O) groups is 1. The second-order valence-electron chi connectivity index (χ2n) is 7.08. The van der Waals surface area contributed by atoms with Crippen molar-refractivity contribution >= 4 is 29.1 Å². The number of hydrogen-bond acceptors (Lipinski definition) is 8. The summed E-state index contributed by atoms with van der Waals surface area (Å²) in [6, 6.07) is 11.7. The van der Waals surface area contributed by atoms with Crippen LogP contribution in [0.4, 0.5) is 11.9 Å². The molecule has 1 N–H and O–H groups in total. The fourth-order valence-corrected chi connectivity index (χ4v) is 3.80. The molecule has 3 aromatic rings. The van der Waals surface area contributed by atoms with Crippen molar-refractivity contribution in [3.8, 4) is 10.4 Å². The highest BCUT2D eigenvalue weighted by Crippen LogP contribution is 2.24. The first-order chi connectivity index (χ1) is 14.6. The third-order valence-corrected chi connectivity index (χ3v) is 5.63. The number of morpholine rings is 1. The molecule has 0 atom stereocenters. The van der Waals surface area contributed by atoms with Crippen molar-refractivity contribution in [2.24, 2.45) is 0 Å². The van der Waals surface area contributed by atoms with E-state index in [1.165, 1.54) is 4.88 Å². The molecule has 1 amide bonds. The monoisotopic (exact) mass is 424 g/mol. The molecule has 9 heteroatoms. The van der Waals surface area contributed by atoms with Gasteiger partial charge in [-0.05, 0) is 29.1 Å². The zero-order valence-electron chi connectivity index (χ0n) is 17.0. The summed E-state index contributed by atoms with van der Waals surface area (Å²) >= 11 is 1.68. The van der Waals surface area contributed by atoms with E-state index in [2.05, 4.69) is 31.2 Å². The molecule has 1 fully saturated rings. The first-order valence-electron chi connectivity index (χ1n) is 9.77. The molecule has 0 saturated carbocycles. The molecule has 0 bridgehead atoms. The van der Waals surface area contributed by atoms with E-state index in [0.717, 1.165) is 18.7 Å². The van der Waals surface area contributed by atoms with Gasteiger partial charge in [-0.3, -0.25) is 4.79 Å². The number of hydrogen-bond donors (Lipinski definition) is 1. The van der Waals surface area contributed by atoms with Crippen LogP contribution in [0, 0.1) is 0 Å². The summed E-state index contributed by atoms with van der Waals surface area (Å²) in [5, 5.41) is 4.95. The number of amides is 1. The highest BCUT2D eigenvalue weighted by Gasteiger charge is 2.17. The maximum absolute atomic E-state index is 12.6. The van der Waals surface area contributed by atoms with Gasteiger partial charge in [0.25, 0.3) is 5.91 Å². The smallest absolute Gasteiger partial charge is 0.251 e. The number of benzene rings is 1. The van der Waals surface area contributed by atoms with Gasteiger partial charge in [0.15, 0.2) is 5.82 Å². The lowest BCUT2D eigenvalue weighted by Crippen LogP contribution is -2.38. The van der Waals surface area contributed by atoms with Crippen molar-refractivity contribution in [1.82, 2.24) is 20.3 Å². The van der Waals surface area contributed by atoms with Gasteiger partial charge in [-0.15, -0.1) is 11.3 Å². The zero-order chi connectivity index (χ0) is 20.9. The Bertz CT molecular complexity index is 985. The first kappa shape index (κ1) is 20.2.